The van der Waals surface area contributed by atoms with Crippen LogP contribution in [0.25, 0.3) is 5.70 Å². The van der Waals surface area contributed by atoms with Crippen LogP contribution in [0.3, 0.4) is 0 Å². The fraction of sp³-hybridized carbons (Fsp3) is 0.111. The molecule has 1 aromatic carbocycles. The molecule has 0 saturated heterocycles. The van der Waals surface area contributed by atoms with E-state index in [4.69, 9.17) is 5.84 Å². The van der Waals surface area contributed by atoms with Crippen LogP contribution in [0.4, 0.5) is 0 Å². The van der Waals surface area contributed by atoms with Crippen LogP contribution in [0, 0.1) is 0 Å². The van der Waals surface area contributed by atoms with Gasteiger partial charge in [0.2, 0.25) is 0 Å². The van der Waals surface area contributed by atoms with Gasteiger partial charge in [-0.15, -0.1) is 0 Å². The van der Waals surface area contributed by atoms with Gasteiger partial charge in [-0.3, -0.25) is 5.84 Å². The molecule has 0 unspecified atom stereocenters. The molecule has 0 aliphatic carbocycles. The highest BCUT2D eigenvalue weighted by Crippen LogP contribution is 2.08. The number of allylic oxidation sites excluding steroid dienone is 1. The van der Waals surface area contributed by atoms with E-state index < -0.39 is 0 Å². The number of hydrazine groups is 1. The van der Waals surface area contributed by atoms with Crippen molar-refractivity contribution < 1.29 is 0 Å². The molecule has 0 bridgehead atoms. The molecule has 0 saturated carbocycles. The maximum absolute atomic E-state index is 5.30. The molecule has 2 heteroatoms. The number of benzene rings is 1. The number of nitrogens with one attached hydrogen (secondary N) is 1. The Morgan fingerprint density at radius 3 is 2.45 bits per heavy atom. The smallest absolute Gasteiger partial charge is 0.0514 e. The summed E-state index contributed by atoms with van der Waals surface area (Å²) in [5, 5.41) is 0. The zero-order valence-electron chi connectivity index (χ0n) is 6.54. The van der Waals surface area contributed by atoms with Crippen molar-refractivity contribution in [2.24, 2.45) is 5.84 Å². The molecule has 0 amide bonds. The maximum atomic E-state index is 5.30. The van der Waals surface area contributed by atoms with Gasteiger partial charge in [-0.1, -0.05) is 36.4 Å². The first-order chi connectivity index (χ1) is 5.38. The van der Waals surface area contributed by atoms with Crippen molar-refractivity contribution in [1.29, 1.82) is 0 Å². The van der Waals surface area contributed by atoms with Crippen LogP contribution < -0.4 is 11.3 Å². The predicted octanol–water partition coefficient (Wildman–Crippen LogP) is 1.51. The van der Waals surface area contributed by atoms with Gasteiger partial charge in [-0.2, -0.15) is 0 Å². The normalized spacial score (nSPS) is 11.3. The summed E-state index contributed by atoms with van der Waals surface area (Å²) in [7, 11) is 0. The fourth-order valence-electron chi connectivity index (χ4n) is 0.951. The Balaban J connectivity index is 2.92. The molecule has 58 valence electrons. The summed E-state index contributed by atoms with van der Waals surface area (Å²) < 4.78 is 0. The first kappa shape index (κ1) is 7.82. The highest BCUT2D eigenvalue weighted by atomic mass is 15.2. The molecule has 3 N–H and O–H groups in total. The standard InChI is InChI=1S/C9H12N2/c1-2-9(11-10)8-6-4-3-5-7-8/h2-7,11H,10H2,1H3/b9-2-. The van der Waals surface area contributed by atoms with Gasteiger partial charge in [-0.05, 0) is 12.5 Å². The molecule has 0 radical (unpaired) electrons. The third-order valence-corrected chi connectivity index (χ3v) is 1.53. The van der Waals surface area contributed by atoms with Crippen LogP contribution in [0.1, 0.15) is 12.5 Å². The SMILES string of the molecule is C/C=C(\NN)c1ccccc1. The molecule has 0 atom stereocenters. The molecule has 1 aromatic rings. The minimum Gasteiger partial charge on any atom is -0.324 e. The van der Waals surface area contributed by atoms with Crippen LogP contribution in [-0.2, 0) is 0 Å². The summed E-state index contributed by atoms with van der Waals surface area (Å²) >= 11 is 0. The van der Waals surface area contributed by atoms with E-state index in [1.165, 1.54) is 0 Å². The van der Waals surface area contributed by atoms with Crippen molar-refractivity contribution in [2.45, 2.75) is 6.92 Å². The molecule has 2 nitrogen and oxygen atoms in total. The molecule has 0 aromatic heterocycles. The Morgan fingerprint density at radius 1 is 1.36 bits per heavy atom. The lowest BCUT2D eigenvalue weighted by molar-refractivity contribution is 0.989. The first-order valence-corrected chi connectivity index (χ1v) is 3.57. The summed E-state index contributed by atoms with van der Waals surface area (Å²) in [4.78, 5) is 0. The predicted molar refractivity (Wildman–Crippen MR) is 47.4 cm³/mol. The van der Waals surface area contributed by atoms with Gasteiger partial charge >= 0.3 is 0 Å². The van der Waals surface area contributed by atoms with Crippen LogP contribution in [-0.4, -0.2) is 0 Å². The molecule has 0 aliphatic rings. The minimum absolute atomic E-state index is 0.950. The molecule has 0 spiro atoms. The second-order valence-corrected chi connectivity index (χ2v) is 2.21. The van der Waals surface area contributed by atoms with E-state index >= 15 is 0 Å². The molecule has 0 heterocycles. The zero-order chi connectivity index (χ0) is 8.10. The molecule has 0 fully saturated rings. The Morgan fingerprint density at radius 2 is 2.00 bits per heavy atom. The average Bonchev–Trinajstić information content (AvgIpc) is 2.09. The minimum atomic E-state index is 0.950. The maximum Gasteiger partial charge on any atom is 0.0514 e. The third kappa shape index (κ3) is 1.82. The molecule has 11 heavy (non-hydrogen) atoms. The van der Waals surface area contributed by atoms with Crippen molar-refractivity contribution in [2.75, 3.05) is 0 Å². The molecule has 1 rings (SSSR count). The number of rotatable bonds is 2. The zero-order valence-corrected chi connectivity index (χ0v) is 6.54. The largest absolute Gasteiger partial charge is 0.324 e. The van der Waals surface area contributed by atoms with Crippen LogP contribution >= 0.6 is 0 Å². The van der Waals surface area contributed by atoms with E-state index in [0.29, 0.717) is 0 Å². The number of hydrogen-bond acceptors (Lipinski definition) is 2. The van der Waals surface area contributed by atoms with Gasteiger partial charge < -0.3 is 5.43 Å². The summed E-state index contributed by atoms with van der Waals surface area (Å²) in [6, 6.07) is 9.96. The molecular weight excluding hydrogens is 136 g/mol. The van der Waals surface area contributed by atoms with Gasteiger partial charge in [0.05, 0.1) is 5.70 Å². The van der Waals surface area contributed by atoms with Gasteiger partial charge in [0.25, 0.3) is 0 Å². The van der Waals surface area contributed by atoms with E-state index in [1.54, 1.807) is 0 Å². The Hall–Kier alpha value is -1.28. The van der Waals surface area contributed by atoms with E-state index in [1.807, 2.05) is 43.3 Å². The highest BCUT2D eigenvalue weighted by Gasteiger charge is 1.93. The lowest BCUT2D eigenvalue weighted by atomic mass is 10.1. The number of hydrogen-bond donors (Lipinski definition) is 2. The van der Waals surface area contributed by atoms with Gasteiger partial charge in [0, 0.05) is 0 Å². The van der Waals surface area contributed by atoms with Gasteiger partial charge in [-0.25, -0.2) is 0 Å². The van der Waals surface area contributed by atoms with Crippen molar-refractivity contribution in [3.63, 3.8) is 0 Å². The quantitative estimate of drug-likeness (QED) is 0.493. The van der Waals surface area contributed by atoms with E-state index in [-0.39, 0.29) is 0 Å². The van der Waals surface area contributed by atoms with Crippen LogP contribution in [0.2, 0.25) is 0 Å². The highest BCUT2D eigenvalue weighted by molar-refractivity contribution is 5.62. The van der Waals surface area contributed by atoms with Crippen molar-refractivity contribution in [1.82, 2.24) is 5.43 Å². The van der Waals surface area contributed by atoms with Crippen molar-refractivity contribution in [3.8, 4) is 0 Å². The Bertz CT molecular complexity index is 239. The summed E-state index contributed by atoms with van der Waals surface area (Å²) in [6.45, 7) is 1.95. The van der Waals surface area contributed by atoms with Crippen LogP contribution in [0.5, 0.6) is 0 Å². The average molecular weight is 148 g/mol. The molecular formula is C9H12N2. The van der Waals surface area contributed by atoms with Crippen LogP contribution in [0.15, 0.2) is 36.4 Å². The van der Waals surface area contributed by atoms with E-state index in [2.05, 4.69) is 5.43 Å². The van der Waals surface area contributed by atoms with E-state index in [0.717, 1.165) is 11.3 Å². The third-order valence-electron chi connectivity index (χ3n) is 1.53. The summed E-state index contributed by atoms with van der Waals surface area (Å²) in [6.07, 6.45) is 1.94. The summed E-state index contributed by atoms with van der Waals surface area (Å²) in [5.74, 6) is 5.30. The fourth-order valence-corrected chi connectivity index (χ4v) is 0.951. The first-order valence-electron chi connectivity index (χ1n) is 3.57. The summed E-state index contributed by atoms with van der Waals surface area (Å²) in [5.41, 5.74) is 4.69. The van der Waals surface area contributed by atoms with Crippen molar-refractivity contribution in [3.05, 3.63) is 42.0 Å². The number of nitrogens with two attached hydrogens (primary N) is 1. The lowest BCUT2D eigenvalue weighted by Gasteiger charge is -2.04. The topological polar surface area (TPSA) is 38.0 Å². The molecule has 0 aliphatic heterocycles. The van der Waals surface area contributed by atoms with E-state index in [9.17, 15) is 0 Å². The Kier molecular flexibility index (Phi) is 2.69. The monoisotopic (exact) mass is 148 g/mol. The second kappa shape index (κ2) is 3.78. The van der Waals surface area contributed by atoms with Crippen molar-refractivity contribution >= 4 is 5.70 Å². The second-order valence-electron chi connectivity index (χ2n) is 2.21. The van der Waals surface area contributed by atoms with Gasteiger partial charge in [0.1, 0.15) is 0 Å². The lowest BCUT2D eigenvalue weighted by Crippen LogP contribution is -2.19. The van der Waals surface area contributed by atoms with Gasteiger partial charge in [0.15, 0.2) is 0 Å². The Labute approximate surface area is 66.7 Å².